The fourth-order valence-electron chi connectivity index (χ4n) is 2.08. The Kier molecular flexibility index (Phi) is 5.17. The van der Waals surface area contributed by atoms with E-state index in [-0.39, 0.29) is 0 Å². The molecule has 120 valence electrons. The van der Waals surface area contributed by atoms with E-state index in [1.807, 2.05) is 30.5 Å². The van der Waals surface area contributed by atoms with E-state index in [2.05, 4.69) is 49.9 Å². The lowest BCUT2D eigenvalue weighted by Gasteiger charge is -1.97. The zero-order chi connectivity index (χ0) is 16.2. The van der Waals surface area contributed by atoms with Crippen LogP contribution in [-0.4, -0.2) is 20.1 Å². The molecule has 3 aromatic rings. The maximum Gasteiger partial charge on any atom is 0.237 e. The molecule has 0 bridgehead atoms. The normalized spacial score (nSPS) is 11.3. The van der Waals surface area contributed by atoms with E-state index in [0.29, 0.717) is 17.6 Å². The highest BCUT2D eigenvalue weighted by molar-refractivity contribution is 9.10. The molecule has 0 atom stereocenters. The van der Waals surface area contributed by atoms with Crippen LogP contribution in [0, 0.1) is 5.92 Å². The number of benzene rings is 1. The molecule has 1 N–H and O–H groups in total. The molecule has 0 aliphatic rings. The zero-order valence-corrected chi connectivity index (χ0v) is 15.3. The number of hydrogen-bond donors (Lipinski definition) is 1. The van der Waals surface area contributed by atoms with Gasteiger partial charge in [-0.3, -0.25) is 0 Å². The van der Waals surface area contributed by atoms with Crippen LogP contribution in [0.2, 0.25) is 0 Å². The van der Waals surface area contributed by atoms with Crippen LogP contribution < -0.4 is 0 Å². The Morgan fingerprint density at radius 3 is 2.78 bits per heavy atom. The molecule has 7 heteroatoms. The molecule has 0 fully saturated rings. The minimum atomic E-state index is 0.520. The highest BCUT2D eigenvalue weighted by Crippen LogP contribution is 2.24. The Labute approximate surface area is 147 Å². The Balaban J connectivity index is 1.61. The third-order valence-electron chi connectivity index (χ3n) is 3.14. The topological polar surface area (TPSA) is 67.6 Å². The second-order valence-corrected chi connectivity index (χ2v) is 7.48. The largest absolute Gasteiger partial charge is 0.338 e. The van der Waals surface area contributed by atoms with E-state index in [9.17, 15) is 0 Å². The van der Waals surface area contributed by atoms with Gasteiger partial charge in [0.15, 0.2) is 11.0 Å². The van der Waals surface area contributed by atoms with E-state index in [1.165, 1.54) is 0 Å². The van der Waals surface area contributed by atoms with E-state index >= 15 is 0 Å². The number of rotatable bonds is 6. The summed E-state index contributed by atoms with van der Waals surface area (Å²) in [5, 5.41) is 4.83. The van der Waals surface area contributed by atoms with Crippen LogP contribution in [0.3, 0.4) is 0 Å². The van der Waals surface area contributed by atoms with E-state index < -0.39 is 0 Å². The lowest BCUT2D eigenvalue weighted by molar-refractivity contribution is 0.382. The standard InChI is InChI=1S/C16H17BrN4OS/c1-10(2)7-14-20-15(22-21-14)9-23-16-18-8-13(19-16)11-3-5-12(17)6-4-11/h3-6,8,10H,7,9H2,1-2H3,(H,18,19). The number of aromatic nitrogens is 4. The molecule has 0 radical (unpaired) electrons. The van der Waals surface area contributed by atoms with Crippen molar-refractivity contribution in [1.29, 1.82) is 0 Å². The van der Waals surface area contributed by atoms with Crippen molar-refractivity contribution in [3.63, 3.8) is 0 Å². The van der Waals surface area contributed by atoms with Gasteiger partial charge in [0.1, 0.15) is 0 Å². The van der Waals surface area contributed by atoms with Gasteiger partial charge < -0.3 is 9.51 Å². The van der Waals surface area contributed by atoms with Gasteiger partial charge in [-0.05, 0) is 23.6 Å². The van der Waals surface area contributed by atoms with Gasteiger partial charge in [-0.25, -0.2) is 4.98 Å². The minimum Gasteiger partial charge on any atom is -0.338 e. The number of imidazole rings is 1. The molecule has 2 aromatic heterocycles. The summed E-state index contributed by atoms with van der Waals surface area (Å²) >= 11 is 4.99. The first-order chi connectivity index (χ1) is 11.1. The maximum atomic E-state index is 5.26. The molecule has 0 saturated heterocycles. The molecular weight excluding hydrogens is 376 g/mol. The average molecular weight is 393 g/mol. The van der Waals surface area contributed by atoms with Crippen LogP contribution in [0.4, 0.5) is 0 Å². The lowest BCUT2D eigenvalue weighted by Crippen LogP contribution is -1.96. The second kappa shape index (κ2) is 7.31. The van der Waals surface area contributed by atoms with Gasteiger partial charge in [-0.1, -0.05) is 58.8 Å². The van der Waals surface area contributed by atoms with Gasteiger partial charge in [-0.15, -0.1) is 0 Å². The molecule has 0 spiro atoms. The summed E-state index contributed by atoms with van der Waals surface area (Å²) in [5.41, 5.74) is 2.09. The Hall–Kier alpha value is -1.60. The first kappa shape index (κ1) is 16.3. The number of nitrogens with one attached hydrogen (secondary N) is 1. The van der Waals surface area contributed by atoms with Crippen molar-refractivity contribution in [1.82, 2.24) is 20.1 Å². The molecule has 5 nitrogen and oxygen atoms in total. The summed E-state index contributed by atoms with van der Waals surface area (Å²) in [6, 6.07) is 8.11. The Morgan fingerprint density at radius 1 is 1.26 bits per heavy atom. The average Bonchev–Trinajstić information content (AvgIpc) is 3.14. The van der Waals surface area contributed by atoms with Crippen molar-refractivity contribution in [2.24, 2.45) is 5.92 Å². The van der Waals surface area contributed by atoms with Gasteiger partial charge in [0.2, 0.25) is 5.89 Å². The van der Waals surface area contributed by atoms with Crippen molar-refractivity contribution in [3.05, 3.63) is 46.7 Å². The summed E-state index contributed by atoms with van der Waals surface area (Å²) < 4.78 is 6.32. The molecule has 2 heterocycles. The molecule has 0 aliphatic carbocycles. The predicted octanol–water partition coefficient (Wildman–Crippen LogP) is 4.71. The number of nitrogens with zero attached hydrogens (tertiary/aromatic N) is 3. The summed E-state index contributed by atoms with van der Waals surface area (Å²) in [5.74, 6) is 2.53. The molecule has 23 heavy (non-hydrogen) atoms. The number of H-pyrrole nitrogens is 1. The fourth-order valence-corrected chi connectivity index (χ4v) is 3.03. The zero-order valence-electron chi connectivity index (χ0n) is 12.9. The molecule has 0 unspecified atom stereocenters. The van der Waals surface area contributed by atoms with Crippen LogP contribution in [0.15, 0.2) is 44.6 Å². The summed E-state index contributed by atoms with van der Waals surface area (Å²) in [6.45, 7) is 4.27. The lowest BCUT2D eigenvalue weighted by atomic mass is 10.1. The summed E-state index contributed by atoms with van der Waals surface area (Å²) in [4.78, 5) is 12.1. The number of thioether (sulfide) groups is 1. The van der Waals surface area contributed by atoms with Crippen molar-refractivity contribution >= 4 is 27.7 Å². The minimum absolute atomic E-state index is 0.520. The van der Waals surface area contributed by atoms with Crippen molar-refractivity contribution < 1.29 is 4.52 Å². The van der Waals surface area contributed by atoms with Gasteiger partial charge >= 0.3 is 0 Å². The Morgan fingerprint density at radius 2 is 2.04 bits per heavy atom. The fraction of sp³-hybridized carbons (Fsp3) is 0.312. The monoisotopic (exact) mass is 392 g/mol. The van der Waals surface area contributed by atoms with Crippen LogP contribution in [0.1, 0.15) is 25.6 Å². The smallest absolute Gasteiger partial charge is 0.237 e. The number of aromatic amines is 1. The molecule has 0 amide bonds. The van der Waals surface area contributed by atoms with Gasteiger partial charge in [0, 0.05) is 10.9 Å². The van der Waals surface area contributed by atoms with Crippen LogP contribution in [0.25, 0.3) is 11.3 Å². The maximum absolute atomic E-state index is 5.26. The van der Waals surface area contributed by atoms with E-state index in [0.717, 1.165) is 33.1 Å². The third kappa shape index (κ3) is 4.45. The third-order valence-corrected chi connectivity index (χ3v) is 4.54. The first-order valence-electron chi connectivity index (χ1n) is 7.35. The van der Waals surface area contributed by atoms with Crippen LogP contribution in [0.5, 0.6) is 0 Å². The van der Waals surface area contributed by atoms with Crippen molar-refractivity contribution in [2.45, 2.75) is 31.2 Å². The quantitative estimate of drug-likeness (QED) is 0.614. The van der Waals surface area contributed by atoms with Crippen LogP contribution in [-0.2, 0) is 12.2 Å². The van der Waals surface area contributed by atoms with Gasteiger partial charge in [-0.2, -0.15) is 4.98 Å². The number of hydrogen-bond acceptors (Lipinski definition) is 5. The second-order valence-electron chi connectivity index (χ2n) is 5.60. The molecule has 1 aromatic carbocycles. The predicted molar refractivity (Wildman–Crippen MR) is 94.1 cm³/mol. The highest BCUT2D eigenvalue weighted by atomic mass is 79.9. The van der Waals surface area contributed by atoms with Crippen molar-refractivity contribution in [2.75, 3.05) is 0 Å². The molecule has 0 saturated carbocycles. The van der Waals surface area contributed by atoms with Gasteiger partial charge in [0.25, 0.3) is 0 Å². The SMILES string of the molecule is CC(C)Cc1noc(CSc2ncc(-c3ccc(Br)cc3)[nH]2)n1. The summed E-state index contributed by atoms with van der Waals surface area (Å²) in [7, 11) is 0. The van der Waals surface area contributed by atoms with E-state index in [1.54, 1.807) is 11.8 Å². The number of halogens is 1. The molecule has 3 rings (SSSR count). The molecule has 0 aliphatic heterocycles. The Bertz CT molecular complexity index is 766. The van der Waals surface area contributed by atoms with Gasteiger partial charge in [0.05, 0.1) is 17.6 Å². The first-order valence-corrected chi connectivity index (χ1v) is 9.13. The van der Waals surface area contributed by atoms with Crippen molar-refractivity contribution in [3.8, 4) is 11.3 Å². The van der Waals surface area contributed by atoms with Crippen LogP contribution >= 0.6 is 27.7 Å². The molecular formula is C16H17BrN4OS. The highest BCUT2D eigenvalue weighted by Gasteiger charge is 2.10. The van der Waals surface area contributed by atoms with E-state index in [4.69, 9.17) is 4.52 Å². The summed E-state index contributed by atoms with van der Waals surface area (Å²) in [6.07, 6.45) is 2.67.